The van der Waals surface area contributed by atoms with Gasteiger partial charge in [-0.25, -0.2) is 14.8 Å². The van der Waals surface area contributed by atoms with Gasteiger partial charge in [-0.15, -0.1) is 0 Å². The molecule has 3 rings (SSSR count). The zero-order valence-corrected chi connectivity index (χ0v) is 11.9. The van der Waals surface area contributed by atoms with E-state index in [-0.39, 0.29) is 41.8 Å². The summed E-state index contributed by atoms with van der Waals surface area (Å²) < 4.78 is 0. The first kappa shape index (κ1) is 14.4. The average Bonchev–Trinajstić information content (AvgIpc) is 2.53. The number of carbonyl (C=O) groups excluding carboxylic acids is 2. The van der Waals surface area contributed by atoms with Crippen molar-refractivity contribution in [1.82, 2.24) is 20.2 Å². The summed E-state index contributed by atoms with van der Waals surface area (Å²) in [6, 6.07) is -0.0369. The lowest BCUT2D eigenvalue weighted by molar-refractivity contribution is -0.127. The first-order valence-corrected chi connectivity index (χ1v) is 7.22. The number of carboxylic acids is 1. The third-order valence-electron chi connectivity index (χ3n) is 4.14. The number of hydrogen-bond donors (Lipinski definition) is 2. The first-order valence-electron chi connectivity index (χ1n) is 7.22. The SMILES string of the molecule is O=C1CN(C(=O)c2cnc(C(=O)O)cn2)C2CCCCC2N1. The molecule has 2 fully saturated rings. The van der Waals surface area contributed by atoms with Crippen molar-refractivity contribution in [3.63, 3.8) is 0 Å². The minimum Gasteiger partial charge on any atom is -0.476 e. The molecule has 2 heterocycles. The molecular weight excluding hydrogens is 288 g/mol. The van der Waals surface area contributed by atoms with Gasteiger partial charge in [0.05, 0.1) is 18.4 Å². The predicted molar refractivity (Wildman–Crippen MR) is 74.2 cm³/mol. The monoisotopic (exact) mass is 304 g/mol. The molecule has 1 aliphatic carbocycles. The molecule has 1 saturated carbocycles. The van der Waals surface area contributed by atoms with Crippen LogP contribution in [0.25, 0.3) is 0 Å². The van der Waals surface area contributed by atoms with Crippen molar-refractivity contribution < 1.29 is 19.5 Å². The predicted octanol–water partition coefficient (Wildman–Crippen LogP) is 0.0580. The number of carbonyl (C=O) groups is 3. The van der Waals surface area contributed by atoms with E-state index in [0.717, 1.165) is 38.1 Å². The largest absolute Gasteiger partial charge is 0.476 e. The first-order chi connectivity index (χ1) is 10.6. The molecule has 2 N–H and O–H groups in total. The Morgan fingerprint density at radius 3 is 2.55 bits per heavy atom. The molecule has 2 atom stereocenters. The van der Waals surface area contributed by atoms with Crippen LogP contribution in [0.3, 0.4) is 0 Å². The number of rotatable bonds is 2. The van der Waals surface area contributed by atoms with E-state index >= 15 is 0 Å². The minimum atomic E-state index is -1.20. The maximum Gasteiger partial charge on any atom is 0.356 e. The maximum absolute atomic E-state index is 12.6. The van der Waals surface area contributed by atoms with Crippen LogP contribution >= 0.6 is 0 Å². The lowest BCUT2D eigenvalue weighted by Gasteiger charge is -2.43. The molecule has 1 aromatic rings. The van der Waals surface area contributed by atoms with E-state index in [1.54, 1.807) is 0 Å². The number of amides is 2. The number of aromatic nitrogens is 2. The smallest absolute Gasteiger partial charge is 0.356 e. The number of piperazine rings is 1. The molecule has 1 aromatic heterocycles. The third-order valence-corrected chi connectivity index (χ3v) is 4.14. The van der Waals surface area contributed by atoms with E-state index in [1.165, 1.54) is 4.90 Å². The Kier molecular flexibility index (Phi) is 3.74. The van der Waals surface area contributed by atoms with Crippen LogP contribution in [0.2, 0.25) is 0 Å². The highest BCUT2D eigenvalue weighted by molar-refractivity contribution is 5.96. The van der Waals surface area contributed by atoms with Gasteiger partial charge < -0.3 is 15.3 Å². The number of hydrogen-bond acceptors (Lipinski definition) is 5. The molecule has 8 nitrogen and oxygen atoms in total. The second-order valence-corrected chi connectivity index (χ2v) is 5.55. The summed E-state index contributed by atoms with van der Waals surface area (Å²) in [5, 5.41) is 11.7. The second kappa shape index (κ2) is 5.70. The molecule has 2 aliphatic rings. The zero-order chi connectivity index (χ0) is 15.7. The molecule has 0 spiro atoms. The molecule has 0 bridgehead atoms. The Bertz CT molecular complexity index is 616. The van der Waals surface area contributed by atoms with Crippen molar-refractivity contribution in [3.05, 3.63) is 23.8 Å². The summed E-state index contributed by atoms with van der Waals surface area (Å²) in [5.41, 5.74) is -0.160. The summed E-state index contributed by atoms with van der Waals surface area (Å²) in [5.74, 6) is -1.75. The molecule has 1 saturated heterocycles. The van der Waals surface area contributed by atoms with Crippen molar-refractivity contribution in [2.45, 2.75) is 37.8 Å². The molecule has 2 unspecified atom stereocenters. The van der Waals surface area contributed by atoms with Crippen LogP contribution in [0.15, 0.2) is 12.4 Å². The van der Waals surface area contributed by atoms with Gasteiger partial charge in [-0.1, -0.05) is 12.8 Å². The number of aromatic carboxylic acids is 1. The number of carboxylic acid groups (broad SMARTS) is 1. The van der Waals surface area contributed by atoms with Crippen molar-refractivity contribution in [2.75, 3.05) is 6.54 Å². The highest BCUT2D eigenvalue weighted by atomic mass is 16.4. The van der Waals surface area contributed by atoms with Gasteiger partial charge in [0.1, 0.15) is 12.2 Å². The zero-order valence-electron chi connectivity index (χ0n) is 11.9. The van der Waals surface area contributed by atoms with Gasteiger partial charge in [0.2, 0.25) is 5.91 Å². The summed E-state index contributed by atoms with van der Waals surface area (Å²) in [6.45, 7) is 0.00234. The van der Waals surface area contributed by atoms with Gasteiger partial charge in [-0.05, 0) is 12.8 Å². The molecule has 22 heavy (non-hydrogen) atoms. The highest BCUT2D eigenvalue weighted by Gasteiger charge is 2.39. The van der Waals surface area contributed by atoms with E-state index in [4.69, 9.17) is 5.11 Å². The fraction of sp³-hybridized carbons (Fsp3) is 0.500. The number of nitrogens with one attached hydrogen (secondary N) is 1. The number of fused-ring (bicyclic) bond motifs is 1. The molecule has 0 radical (unpaired) electrons. The van der Waals surface area contributed by atoms with Gasteiger partial charge in [0.15, 0.2) is 5.69 Å². The van der Waals surface area contributed by atoms with Crippen LogP contribution in [-0.2, 0) is 4.79 Å². The summed E-state index contributed by atoms with van der Waals surface area (Å²) in [6.07, 6.45) is 5.97. The fourth-order valence-electron chi connectivity index (χ4n) is 3.10. The Morgan fingerprint density at radius 2 is 1.86 bits per heavy atom. The lowest BCUT2D eigenvalue weighted by atomic mass is 9.87. The maximum atomic E-state index is 12.6. The highest BCUT2D eigenvalue weighted by Crippen LogP contribution is 2.26. The van der Waals surface area contributed by atoms with Crippen molar-refractivity contribution in [1.29, 1.82) is 0 Å². The molecule has 1 aliphatic heterocycles. The Morgan fingerprint density at radius 1 is 1.18 bits per heavy atom. The van der Waals surface area contributed by atoms with Crippen LogP contribution in [0.5, 0.6) is 0 Å². The van der Waals surface area contributed by atoms with Crippen molar-refractivity contribution in [3.8, 4) is 0 Å². The van der Waals surface area contributed by atoms with E-state index < -0.39 is 5.97 Å². The topological polar surface area (TPSA) is 112 Å². The van der Waals surface area contributed by atoms with Gasteiger partial charge in [-0.3, -0.25) is 9.59 Å². The van der Waals surface area contributed by atoms with Crippen molar-refractivity contribution >= 4 is 17.8 Å². The fourth-order valence-corrected chi connectivity index (χ4v) is 3.10. The lowest BCUT2D eigenvalue weighted by Crippen LogP contribution is -2.63. The second-order valence-electron chi connectivity index (χ2n) is 5.55. The summed E-state index contributed by atoms with van der Waals surface area (Å²) in [7, 11) is 0. The molecule has 2 amide bonds. The average molecular weight is 304 g/mol. The van der Waals surface area contributed by atoms with E-state index in [0.29, 0.717) is 0 Å². The molecule has 116 valence electrons. The van der Waals surface area contributed by atoms with Crippen LogP contribution in [-0.4, -0.2) is 56.4 Å². The van der Waals surface area contributed by atoms with E-state index in [1.807, 2.05) is 0 Å². The summed E-state index contributed by atoms with van der Waals surface area (Å²) >= 11 is 0. The van der Waals surface area contributed by atoms with Gasteiger partial charge in [0.25, 0.3) is 5.91 Å². The Labute approximate surface area is 126 Å². The van der Waals surface area contributed by atoms with Crippen LogP contribution in [0.1, 0.15) is 46.7 Å². The normalized spacial score (nSPS) is 24.4. The Hall–Kier alpha value is -2.51. The van der Waals surface area contributed by atoms with Gasteiger partial charge >= 0.3 is 5.97 Å². The third kappa shape index (κ3) is 2.63. The van der Waals surface area contributed by atoms with Gasteiger partial charge in [0, 0.05) is 6.04 Å². The standard InChI is InChI=1S/C14H16N4O4/c19-12-7-18(11-4-2-1-3-8(11)17-12)13(20)9-5-16-10(6-15-9)14(21)22/h5-6,8,11H,1-4,7H2,(H,17,19)(H,21,22). The number of nitrogens with zero attached hydrogens (tertiary/aromatic N) is 3. The van der Waals surface area contributed by atoms with Crippen LogP contribution in [0.4, 0.5) is 0 Å². The van der Waals surface area contributed by atoms with Crippen LogP contribution < -0.4 is 5.32 Å². The minimum absolute atomic E-state index is 0.00234. The molecule has 0 aromatic carbocycles. The molecule has 8 heteroatoms. The van der Waals surface area contributed by atoms with Crippen LogP contribution in [0, 0.1) is 0 Å². The van der Waals surface area contributed by atoms with E-state index in [2.05, 4.69) is 15.3 Å². The van der Waals surface area contributed by atoms with Crippen molar-refractivity contribution in [2.24, 2.45) is 0 Å². The van der Waals surface area contributed by atoms with E-state index in [9.17, 15) is 14.4 Å². The molecular formula is C14H16N4O4. The van der Waals surface area contributed by atoms with Gasteiger partial charge in [-0.2, -0.15) is 0 Å². The quantitative estimate of drug-likeness (QED) is 0.799. The summed E-state index contributed by atoms with van der Waals surface area (Å²) in [4.78, 5) is 44.2. The Balaban J connectivity index is 1.82.